The highest BCUT2D eigenvalue weighted by Crippen LogP contribution is 2.51. The van der Waals surface area contributed by atoms with Gasteiger partial charge in [0.2, 0.25) is 5.95 Å². The monoisotopic (exact) mass is 674 g/mol. The van der Waals surface area contributed by atoms with E-state index in [2.05, 4.69) is 29.9 Å². The van der Waals surface area contributed by atoms with Gasteiger partial charge in [0.15, 0.2) is 35.1 Å². The zero-order chi connectivity index (χ0) is 32.6. The van der Waals surface area contributed by atoms with Gasteiger partial charge in [0.25, 0.3) is 5.56 Å². The minimum absolute atomic E-state index is 0.0251. The number of nitrogens with two attached hydrogens (primary N) is 2. The summed E-state index contributed by atoms with van der Waals surface area (Å²) in [4.78, 5) is 52.3. The molecule has 10 N–H and O–H groups in total. The van der Waals surface area contributed by atoms with Crippen molar-refractivity contribution in [3.63, 3.8) is 0 Å². The first-order valence-corrected chi connectivity index (χ1v) is 15.2. The van der Waals surface area contributed by atoms with E-state index < -0.39 is 77.8 Å². The lowest BCUT2D eigenvalue weighted by Gasteiger charge is -2.27. The van der Waals surface area contributed by atoms with E-state index in [0.29, 0.717) is 0 Å². The molecule has 0 spiro atoms. The fourth-order valence-corrected chi connectivity index (χ4v) is 6.25. The molecule has 0 bridgehead atoms. The molecule has 45 heavy (non-hydrogen) atoms. The Balaban J connectivity index is 0.00000128. The van der Waals surface area contributed by atoms with Gasteiger partial charge in [-0.2, -0.15) is 4.98 Å². The van der Waals surface area contributed by atoms with Crippen LogP contribution in [0.15, 0.2) is 23.8 Å². The number of H-pyrrole nitrogens is 1. The average molecular weight is 674 g/mol. The maximum Gasteiger partial charge on any atom is 0.472 e. The first-order valence-electron chi connectivity index (χ1n) is 13.0. The van der Waals surface area contributed by atoms with Gasteiger partial charge in [-0.1, -0.05) is 0 Å². The Morgan fingerprint density at radius 1 is 1.11 bits per heavy atom. The minimum atomic E-state index is -4.92. The van der Waals surface area contributed by atoms with Gasteiger partial charge in [-0.3, -0.25) is 28.0 Å². The average Bonchev–Trinajstić information content (AvgIpc) is 3.74. The van der Waals surface area contributed by atoms with Crippen molar-refractivity contribution < 1.29 is 52.8 Å². The van der Waals surface area contributed by atoms with Crippen molar-refractivity contribution in [1.29, 1.82) is 0 Å². The Labute approximate surface area is 252 Å². The van der Waals surface area contributed by atoms with E-state index in [-0.39, 0.29) is 40.5 Å². The van der Waals surface area contributed by atoms with Crippen LogP contribution in [-0.4, -0.2) is 107 Å². The number of nitrogen functional groups attached to an aromatic ring is 2. The van der Waals surface area contributed by atoms with Gasteiger partial charge >= 0.3 is 16.5 Å². The molecule has 22 nitrogen and oxygen atoms in total. The molecular weight excluding hydrogens is 646 g/mol. The van der Waals surface area contributed by atoms with Gasteiger partial charge < -0.3 is 46.0 Å². The molecule has 0 aromatic carbocycles. The van der Waals surface area contributed by atoms with Gasteiger partial charge in [0.1, 0.15) is 36.3 Å². The first-order chi connectivity index (χ1) is 21.4. The van der Waals surface area contributed by atoms with Crippen molar-refractivity contribution in [2.45, 2.75) is 62.4 Å². The van der Waals surface area contributed by atoms with Gasteiger partial charge in [-0.25, -0.2) is 29.1 Å². The highest BCUT2D eigenvalue weighted by atomic mass is 31.2. The van der Waals surface area contributed by atoms with Crippen LogP contribution in [0.3, 0.4) is 0 Å². The van der Waals surface area contributed by atoms with Crippen molar-refractivity contribution in [2.75, 3.05) is 18.1 Å². The Bertz CT molecular complexity index is 1790. The van der Waals surface area contributed by atoms with Crippen LogP contribution in [0, 0.1) is 0 Å². The van der Waals surface area contributed by atoms with Crippen molar-refractivity contribution in [1.82, 2.24) is 39.0 Å². The Morgan fingerprint density at radius 3 is 2.47 bits per heavy atom. The summed E-state index contributed by atoms with van der Waals surface area (Å²) in [5.74, 6) is -0.0885. The standard InChI is InChI=1S/C21H27N10O10P.HO2P/c1-7(14-12(33)13(34)20(39-14)30-5-26-10-15(22)24-4-25-16(10)30)40-42(36,37)41-9-2-8(3-32)38-19(9)31-6-27-11-17(31)28-21(23)29-18(11)35;1-3-2/h4-9,12-14,19-20,32-34H,2-3H2,1H3,(H,36,37)(H2,22,24,25)(H3,23,28,29,35);(H,1,2)/t7-,8+,9-,12+,13-,14-,19-,20-;/m1./s1. The lowest BCUT2D eigenvalue weighted by Crippen LogP contribution is -2.38. The van der Waals surface area contributed by atoms with Gasteiger partial charge in [-0.15, -0.1) is 0 Å². The van der Waals surface area contributed by atoms with Crippen LogP contribution in [0.4, 0.5) is 11.8 Å². The molecule has 2 fully saturated rings. The van der Waals surface area contributed by atoms with E-state index in [9.17, 15) is 29.6 Å². The van der Waals surface area contributed by atoms with Crippen LogP contribution in [0.5, 0.6) is 0 Å². The fraction of sp³-hybridized carbons (Fsp3) is 0.524. The Hall–Kier alpha value is -3.53. The molecule has 2 aliphatic heterocycles. The van der Waals surface area contributed by atoms with Crippen LogP contribution in [0.25, 0.3) is 22.3 Å². The smallest absolute Gasteiger partial charge is 0.394 e. The third-order valence-electron chi connectivity index (χ3n) is 7.04. The number of aliphatic hydroxyl groups is 3. The lowest BCUT2D eigenvalue weighted by atomic mass is 10.1. The molecule has 9 atom stereocenters. The third-order valence-corrected chi connectivity index (χ3v) is 8.18. The summed E-state index contributed by atoms with van der Waals surface area (Å²) in [7, 11) is -5.75. The van der Waals surface area contributed by atoms with Crippen molar-refractivity contribution >= 4 is 50.6 Å². The largest absolute Gasteiger partial charge is 0.472 e. The highest BCUT2D eigenvalue weighted by Gasteiger charge is 2.49. The molecule has 0 radical (unpaired) electrons. The number of nitrogens with one attached hydrogen (secondary N) is 1. The van der Waals surface area contributed by atoms with E-state index in [4.69, 9.17) is 39.4 Å². The third kappa shape index (κ3) is 6.44. The SMILES string of the molecule is C[C@@H](OP(=O)(O)O[C@@H]1C[C@@H](CO)O[C@H]1n1cnc2c(=O)[nH]c(N)nc21)[C@H]1O[C@@H](n2cnc3c(N)ncnc32)[C@H](O)[C@@H]1O.O=PO. The molecule has 2 aliphatic rings. The summed E-state index contributed by atoms with van der Waals surface area (Å²) in [6, 6.07) is 0. The number of fused-ring (bicyclic) bond motifs is 2. The van der Waals surface area contributed by atoms with E-state index >= 15 is 0 Å². The molecule has 0 aliphatic carbocycles. The van der Waals surface area contributed by atoms with E-state index in [1.165, 1.54) is 35.0 Å². The Kier molecular flexibility index (Phi) is 9.54. The maximum absolute atomic E-state index is 13.2. The van der Waals surface area contributed by atoms with Crippen molar-refractivity contribution in [2.24, 2.45) is 0 Å². The zero-order valence-electron chi connectivity index (χ0n) is 23.0. The quantitative estimate of drug-likeness (QED) is 0.0946. The second-order valence-electron chi connectivity index (χ2n) is 9.90. The summed E-state index contributed by atoms with van der Waals surface area (Å²) in [6.07, 6.45) is -6.24. The number of anilines is 2. The molecule has 1 unspecified atom stereocenters. The number of aromatic amines is 1. The van der Waals surface area contributed by atoms with Crippen LogP contribution in [-0.2, 0) is 27.7 Å². The lowest BCUT2D eigenvalue weighted by molar-refractivity contribution is -0.0835. The highest BCUT2D eigenvalue weighted by molar-refractivity contribution is 7.47. The predicted molar refractivity (Wildman–Crippen MR) is 149 cm³/mol. The maximum atomic E-state index is 13.2. The summed E-state index contributed by atoms with van der Waals surface area (Å²) >= 11 is 0. The number of aliphatic hydroxyl groups excluding tert-OH is 3. The van der Waals surface area contributed by atoms with Crippen molar-refractivity contribution in [3.05, 3.63) is 29.3 Å². The zero-order valence-corrected chi connectivity index (χ0v) is 24.8. The normalized spacial score (nSPS) is 28.7. The molecule has 0 amide bonds. The van der Waals surface area contributed by atoms with Gasteiger partial charge in [-0.05, 0) is 6.92 Å². The number of phosphoric acid groups is 1. The molecule has 6 heterocycles. The number of aromatic nitrogens is 8. The van der Waals surface area contributed by atoms with Crippen LogP contribution in [0.2, 0.25) is 0 Å². The topological polar surface area (TPSA) is 331 Å². The minimum Gasteiger partial charge on any atom is -0.394 e. The number of hydrogen-bond acceptors (Lipinski definition) is 17. The van der Waals surface area contributed by atoms with Crippen LogP contribution < -0.4 is 17.0 Å². The number of imidazole rings is 2. The second-order valence-corrected chi connectivity index (χ2v) is 11.4. The van der Waals surface area contributed by atoms with Crippen LogP contribution >= 0.6 is 16.5 Å². The summed E-state index contributed by atoms with van der Waals surface area (Å²) in [5, 5.41) is 31.1. The van der Waals surface area contributed by atoms with Crippen LogP contribution in [0.1, 0.15) is 25.8 Å². The summed E-state index contributed by atoms with van der Waals surface area (Å²) in [5.41, 5.74) is 11.3. The molecule has 6 rings (SSSR count). The van der Waals surface area contributed by atoms with Gasteiger partial charge in [0, 0.05) is 6.42 Å². The van der Waals surface area contributed by atoms with E-state index in [1.54, 1.807) is 0 Å². The molecular formula is C21H28N10O12P2. The molecule has 24 heteroatoms. The fourth-order valence-electron chi connectivity index (χ4n) is 5.13. The van der Waals surface area contributed by atoms with E-state index in [0.717, 1.165) is 0 Å². The molecule has 244 valence electrons. The van der Waals surface area contributed by atoms with Gasteiger partial charge in [0.05, 0.1) is 31.5 Å². The Morgan fingerprint density at radius 2 is 1.78 bits per heavy atom. The second kappa shape index (κ2) is 13.1. The number of phosphoric ester groups is 1. The summed E-state index contributed by atoms with van der Waals surface area (Å²) in [6.45, 7) is 0.913. The first kappa shape index (κ1) is 32.9. The number of rotatable bonds is 8. The molecule has 2 saturated heterocycles. The number of ether oxygens (including phenoxy) is 2. The van der Waals surface area contributed by atoms with Crippen molar-refractivity contribution in [3.8, 4) is 0 Å². The number of nitrogens with zero attached hydrogens (tertiary/aromatic N) is 7. The predicted octanol–water partition coefficient (Wildman–Crippen LogP) is -1.90. The number of hydrogen-bond donors (Lipinski definition) is 8. The van der Waals surface area contributed by atoms with E-state index in [1.807, 2.05) is 0 Å². The molecule has 0 saturated carbocycles. The molecule has 4 aromatic rings. The molecule has 4 aromatic heterocycles. The summed E-state index contributed by atoms with van der Waals surface area (Å²) < 4.78 is 46.6.